The molecule has 2 aromatic rings. The molecule has 0 spiro atoms. The number of benzene rings is 2. The summed E-state index contributed by atoms with van der Waals surface area (Å²) in [5, 5.41) is 8.67. The number of rotatable bonds is 6. The van der Waals surface area contributed by atoms with Crippen LogP contribution in [0.2, 0.25) is 0 Å². The van der Waals surface area contributed by atoms with Gasteiger partial charge in [0.1, 0.15) is 12.4 Å². The van der Waals surface area contributed by atoms with Crippen LogP contribution in [0.15, 0.2) is 46.9 Å². The summed E-state index contributed by atoms with van der Waals surface area (Å²) in [7, 11) is 1.47. The number of halogens is 2. The Morgan fingerprint density at radius 3 is 2.74 bits per heavy atom. The molecule has 1 N–H and O–H groups in total. The Morgan fingerprint density at radius 1 is 1.35 bits per heavy atom. The molecule has 0 aliphatic heterocycles. The van der Waals surface area contributed by atoms with E-state index in [1.165, 1.54) is 19.3 Å². The third-order valence-electron chi connectivity index (χ3n) is 3.00. The van der Waals surface area contributed by atoms with E-state index in [-0.39, 0.29) is 12.4 Å². The summed E-state index contributed by atoms with van der Waals surface area (Å²) in [6.45, 7) is 0.0476. The summed E-state index contributed by atoms with van der Waals surface area (Å²) >= 11 is 3.36. The molecule has 6 heteroatoms. The fourth-order valence-corrected chi connectivity index (χ4v) is 2.48. The van der Waals surface area contributed by atoms with Crippen LogP contribution in [-0.4, -0.2) is 18.2 Å². The van der Waals surface area contributed by atoms with Crippen LogP contribution < -0.4 is 9.47 Å². The molecular weight excluding hydrogens is 367 g/mol. The van der Waals surface area contributed by atoms with Crippen molar-refractivity contribution in [2.45, 2.75) is 6.61 Å². The first kappa shape index (κ1) is 17.0. The number of methoxy groups -OCH3 is 1. The van der Waals surface area contributed by atoms with E-state index in [0.717, 1.165) is 6.08 Å². The lowest BCUT2D eigenvalue weighted by Crippen LogP contribution is -2.01. The lowest BCUT2D eigenvalue weighted by molar-refractivity contribution is -0.131. The molecule has 0 aliphatic carbocycles. The first-order chi connectivity index (χ1) is 11.0. The van der Waals surface area contributed by atoms with Gasteiger partial charge in [-0.05, 0) is 45.8 Å². The highest BCUT2D eigenvalue weighted by Gasteiger charge is 2.12. The molecule has 23 heavy (non-hydrogen) atoms. The van der Waals surface area contributed by atoms with Gasteiger partial charge in [-0.3, -0.25) is 0 Å². The van der Waals surface area contributed by atoms with Gasteiger partial charge in [-0.25, -0.2) is 9.18 Å². The molecule has 0 fully saturated rings. The Kier molecular flexibility index (Phi) is 5.76. The molecule has 0 heterocycles. The Hall–Kier alpha value is -2.34. The number of hydrogen-bond acceptors (Lipinski definition) is 3. The van der Waals surface area contributed by atoms with Gasteiger partial charge in [0.15, 0.2) is 11.5 Å². The topological polar surface area (TPSA) is 55.8 Å². The molecule has 0 atom stereocenters. The fraction of sp³-hybridized carbons (Fsp3) is 0.118. The van der Waals surface area contributed by atoms with Crippen molar-refractivity contribution in [3.8, 4) is 11.5 Å². The Morgan fingerprint density at radius 2 is 2.09 bits per heavy atom. The minimum atomic E-state index is -1.04. The zero-order valence-electron chi connectivity index (χ0n) is 12.3. The van der Waals surface area contributed by atoms with Crippen molar-refractivity contribution >= 4 is 28.0 Å². The first-order valence-corrected chi connectivity index (χ1v) is 7.45. The van der Waals surface area contributed by atoms with E-state index in [4.69, 9.17) is 14.6 Å². The second-order valence-corrected chi connectivity index (χ2v) is 5.44. The van der Waals surface area contributed by atoms with E-state index < -0.39 is 5.97 Å². The second-order valence-electron chi connectivity index (χ2n) is 4.59. The van der Waals surface area contributed by atoms with Gasteiger partial charge in [-0.2, -0.15) is 0 Å². The first-order valence-electron chi connectivity index (χ1n) is 6.66. The maximum atomic E-state index is 13.6. The smallest absolute Gasteiger partial charge is 0.328 e. The van der Waals surface area contributed by atoms with Crippen LogP contribution in [0.3, 0.4) is 0 Å². The van der Waals surface area contributed by atoms with Crippen molar-refractivity contribution in [1.82, 2.24) is 0 Å². The van der Waals surface area contributed by atoms with Crippen molar-refractivity contribution in [1.29, 1.82) is 0 Å². The van der Waals surface area contributed by atoms with Crippen molar-refractivity contribution < 1.29 is 23.8 Å². The zero-order chi connectivity index (χ0) is 16.8. The summed E-state index contributed by atoms with van der Waals surface area (Å²) in [4.78, 5) is 10.6. The van der Waals surface area contributed by atoms with Gasteiger partial charge in [0.25, 0.3) is 0 Å². The van der Waals surface area contributed by atoms with E-state index in [1.807, 2.05) is 0 Å². The Bertz CT molecular complexity index is 743. The average Bonchev–Trinajstić information content (AvgIpc) is 2.52. The molecule has 120 valence electrons. The van der Waals surface area contributed by atoms with Crippen molar-refractivity contribution in [2.24, 2.45) is 0 Å². The molecule has 0 unspecified atom stereocenters. The maximum Gasteiger partial charge on any atom is 0.328 e. The number of carboxylic acids is 1. The molecule has 4 nitrogen and oxygen atoms in total. The van der Waals surface area contributed by atoms with Gasteiger partial charge in [0, 0.05) is 11.6 Å². The van der Waals surface area contributed by atoms with Crippen LogP contribution >= 0.6 is 15.9 Å². The summed E-state index contributed by atoms with van der Waals surface area (Å²) in [6, 6.07) is 9.68. The van der Waals surface area contributed by atoms with Gasteiger partial charge in [0.05, 0.1) is 11.6 Å². The molecule has 0 radical (unpaired) electrons. The van der Waals surface area contributed by atoms with E-state index in [2.05, 4.69) is 15.9 Å². The summed E-state index contributed by atoms with van der Waals surface area (Å²) in [6.07, 6.45) is 2.47. The third-order valence-corrected chi connectivity index (χ3v) is 3.59. The van der Waals surface area contributed by atoms with E-state index in [0.29, 0.717) is 27.1 Å². The minimum absolute atomic E-state index is 0.0476. The number of carboxylic acid groups (broad SMARTS) is 1. The van der Waals surface area contributed by atoms with Crippen LogP contribution in [0.25, 0.3) is 6.08 Å². The fourth-order valence-electron chi connectivity index (χ4n) is 1.91. The van der Waals surface area contributed by atoms with Gasteiger partial charge >= 0.3 is 5.97 Å². The Balaban J connectivity index is 2.24. The summed E-state index contributed by atoms with van der Waals surface area (Å²) in [5.74, 6) is -0.549. The third kappa shape index (κ3) is 4.56. The normalized spacial score (nSPS) is 10.7. The van der Waals surface area contributed by atoms with Crippen LogP contribution in [0.4, 0.5) is 4.39 Å². The average molecular weight is 381 g/mol. The van der Waals surface area contributed by atoms with Crippen molar-refractivity contribution in [2.75, 3.05) is 7.11 Å². The van der Waals surface area contributed by atoms with Crippen LogP contribution in [0.1, 0.15) is 11.1 Å². The highest BCUT2D eigenvalue weighted by Crippen LogP contribution is 2.37. The number of hydrogen-bond donors (Lipinski definition) is 1. The monoisotopic (exact) mass is 380 g/mol. The van der Waals surface area contributed by atoms with E-state index in [1.54, 1.807) is 30.3 Å². The second kappa shape index (κ2) is 7.78. The lowest BCUT2D eigenvalue weighted by Gasteiger charge is -2.14. The highest BCUT2D eigenvalue weighted by molar-refractivity contribution is 9.10. The highest BCUT2D eigenvalue weighted by atomic mass is 79.9. The molecule has 2 rings (SSSR count). The van der Waals surface area contributed by atoms with Gasteiger partial charge in [0.2, 0.25) is 0 Å². The SMILES string of the molecule is COc1cc(C=CC(=O)O)cc(Br)c1OCc1ccccc1F. The quantitative estimate of drug-likeness (QED) is 0.760. The van der Waals surface area contributed by atoms with Crippen molar-refractivity contribution in [3.63, 3.8) is 0 Å². The zero-order valence-corrected chi connectivity index (χ0v) is 13.8. The lowest BCUT2D eigenvalue weighted by atomic mass is 10.2. The predicted octanol–water partition coefficient (Wildman–Crippen LogP) is 4.27. The molecule has 0 amide bonds. The number of ether oxygens (including phenoxy) is 2. The minimum Gasteiger partial charge on any atom is -0.493 e. The van der Waals surface area contributed by atoms with E-state index in [9.17, 15) is 9.18 Å². The van der Waals surface area contributed by atoms with E-state index >= 15 is 0 Å². The molecule has 0 bridgehead atoms. The predicted molar refractivity (Wildman–Crippen MR) is 88.1 cm³/mol. The van der Waals surface area contributed by atoms with Gasteiger partial charge in [-0.1, -0.05) is 18.2 Å². The molecule has 2 aromatic carbocycles. The number of carbonyl (C=O) groups is 1. The summed E-state index contributed by atoms with van der Waals surface area (Å²) in [5.41, 5.74) is 1.06. The van der Waals surface area contributed by atoms with Crippen LogP contribution in [-0.2, 0) is 11.4 Å². The largest absolute Gasteiger partial charge is 0.493 e. The van der Waals surface area contributed by atoms with Gasteiger partial charge in [-0.15, -0.1) is 0 Å². The van der Waals surface area contributed by atoms with Crippen LogP contribution in [0.5, 0.6) is 11.5 Å². The maximum absolute atomic E-state index is 13.6. The van der Waals surface area contributed by atoms with Crippen LogP contribution in [0, 0.1) is 5.82 Å². The molecule has 0 saturated carbocycles. The standard InChI is InChI=1S/C17H14BrFO4/c1-22-15-9-11(6-7-16(20)21)8-13(18)17(15)23-10-12-4-2-3-5-14(12)19/h2-9H,10H2,1H3,(H,20,21). The molecular formula is C17H14BrFO4. The number of aliphatic carboxylic acids is 1. The molecule has 0 aliphatic rings. The molecule has 0 saturated heterocycles. The van der Waals surface area contributed by atoms with Crippen molar-refractivity contribution in [3.05, 3.63) is 63.9 Å². The molecule has 0 aromatic heterocycles. The van der Waals surface area contributed by atoms with Gasteiger partial charge < -0.3 is 14.6 Å². The Labute approximate surface area is 141 Å². The summed E-state index contributed by atoms with van der Waals surface area (Å²) < 4.78 is 25.1.